The Hall–Kier alpha value is -3.15. The van der Waals surface area contributed by atoms with Gasteiger partial charge in [0.1, 0.15) is 0 Å². The van der Waals surface area contributed by atoms with Gasteiger partial charge in [0.25, 0.3) is 5.91 Å². The fraction of sp³-hybridized carbons (Fsp3) is 0.250. The third-order valence-electron chi connectivity index (χ3n) is 4.19. The number of hydrogen-bond donors (Lipinski definition) is 2. The lowest BCUT2D eigenvalue weighted by Crippen LogP contribution is -2.33. The van der Waals surface area contributed by atoms with Crippen molar-refractivity contribution in [2.24, 2.45) is 0 Å². The van der Waals surface area contributed by atoms with Crippen molar-refractivity contribution in [1.82, 2.24) is 4.90 Å². The Kier molecular flexibility index (Phi) is 5.31. The Morgan fingerprint density at radius 1 is 1.04 bits per heavy atom. The Morgan fingerprint density at radius 3 is 2.46 bits per heavy atom. The predicted octanol–water partition coefficient (Wildman–Crippen LogP) is 2.81. The highest BCUT2D eigenvalue weighted by Gasteiger charge is 2.22. The van der Waals surface area contributed by atoms with Gasteiger partial charge in [-0.15, -0.1) is 0 Å². The van der Waals surface area contributed by atoms with Crippen LogP contribution in [0.25, 0.3) is 0 Å². The molecular formula is C20H21N3O3. The second-order valence-electron chi connectivity index (χ2n) is 6.37. The van der Waals surface area contributed by atoms with Gasteiger partial charge >= 0.3 is 0 Å². The molecule has 2 aromatic rings. The number of hydrogen-bond acceptors (Lipinski definition) is 3. The SMILES string of the molecule is Cc1cccc(C(=O)Nc2cccc(NC(=O)CN3CCCC3=O)c2)c1. The van der Waals surface area contributed by atoms with Crippen LogP contribution in [0.5, 0.6) is 0 Å². The van der Waals surface area contributed by atoms with E-state index in [0.29, 0.717) is 29.9 Å². The number of anilines is 2. The first kappa shape index (κ1) is 17.7. The molecule has 2 N–H and O–H groups in total. The van der Waals surface area contributed by atoms with Crippen LogP contribution >= 0.6 is 0 Å². The maximum absolute atomic E-state index is 12.3. The van der Waals surface area contributed by atoms with E-state index in [9.17, 15) is 14.4 Å². The molecule has 3 rings (SSSR count). The number of carbonyl (C=O) groups excluding carboxylic acids is 3. The molecule has 0 aliphatic carbocycles. The first-order valence-corrected chi connectivity index (χ1v) is 8.57. The fourth-order valence-corrected chi connectivity index (χ4v) is 2.91. The number of benzene rings is 2. The zero-order valence-corrected chi connectivity index (χ0v) is 14.6. The first-order chi connectivity index (χ1) is 12.5. The predicted molar refractivity (Wildman–Crippen MR) is 100 cm³/mol. The summed E-state index contributed by atoms with van der Waals surface area (Å²) >= 11 is 0. The summed E-state index contributed by atoms with van der Waals surface area (Å²) in [5.74, 6) is -0.443. The smallest absolute Gasteiger partial charge is 0.255 e. The van der Waals surface area contributed by atoms with Crippen molar-refractivity contribution in [2.45, 2.75) is 19.8 Å². The van der Waals surface area contributed by atoms with Crippen molar-refractivity contribution in [2.75, 3.05) is 23.7 Å². The van der Waals surface area contributed by atoms with Gasteiger partial charge in [-0.1, -0.05) is 23.8 Å². The molecule has 0 saturated carbocycles. The van der Waals surface area contributed by atoms with E-state index in [1.165, 1.54) is 0 Å². The van der Waals surface area contributed by atoms with Gasteiger partial charge < -0.3 is 15.5 Å². The lowest BCUT2D eigenvalue weighted by Gasteiger charge is -2.15. The van der Waals surface area contributed by atoms with Crippen LogP contribution < -0.4 is 10.6 Å². The maximum atomic E-state index is 12.3. The van der Waals surface area contributed by atoms with Crippen molar-refractivity contribution in [3.63, 3.8) is 0 Å². The second-order valence-corrected chi connectivity index (χ2v) is 6.37. The van der Waals surface area contributed by atoms with Gasteiger partial charge in [0.2, 0.25) is 11.8 Å². The van der Waals surface area contributed by atoms with Gasteiger partial charge in [-0.25, -0.2) is 0 Å². The Bertz CT molecular complexity index is 848. The van der Waals surface area contributed by atoms with Gasteiger partial charge in [0.05, 0.1) is 6.54 Å². The summed E-state index contributed by atoms with van der Waals surface area (Å²) in [6, 6.07) is 14.3. The first-order valence-electron chi connectivity index (χ1n) is 8.57. The molecule has 1 aliphatic rings. The van der Waals surface area contributed by atoms with Crippen LogP contribution in [0.15, 0.2) is 48.5 Å². The third-order valence-corrected chi connectivity index (χ3v) is 4.19. The average Bonchev–Trinajstić information content (AvgIpc) is 3.00. The minimum absolute atomic E-state index is 0.0133. The average molecular weight is 351 g/mol. The molecule has 134 valence electrons. The van der Waals surface area contributed by atoms with Gasteiger partial charge in [-0.2, -0.15) is 0 Å². The van der Waals surface area contributed by atoms with Gasteiger partial charge in [0, 0.05) is 29.9 Å². The van der Waals surface area contributed by atoms with E-state index in [0.717, 1.165) is 12.0 Å². The molecule has 1 heterocycles. The van der Waals surface area contributed by atoms with E-state index in [1.807, 2.05) is 25.1 Å². The molecule has 1 fully saturated rings. The van der Waals surface area contributed by atoms with Crippen LogP contribution in [0.2, 0.25) is 0 Å². The summed E-state index contributed by atoms with van der Waals surface area (Å²) in [5.41, 5.74) is 2.75. The summed E-state index contributed by atoms with van der Waals surface area (Å²) < 4.78 is 0. The molecule has 0 aromatic heterocycles. The summed E-state index contributed by atoms with van der Waals surface area (Å²) in [6.45, 7) is 2.61. The van der Waals surface area contributed by atoms with E-state index in [4.69, 9.17) is 0 Å². The molecule has 0 spiro atoms. The molecule has 6 heteroatoms. The van der Waals surface area contributed by atoms with Gasteiger partial charge in [-0.3, -0.25) is 14.4 Å². The second kappa shape index (κ2) is 7.82. The fourth-order valence-electron chi connectivity index (χ4n) is 2.91. The summed E-state index contributed by atoms with van der Waals surface area (Å²) in [5, 5.41) is 5.59. The van der Waals surface area contributed by atoms with Crippen molar-refractivity contribution in [3.8, 4) is 0 Å². The number of likely N-dealkylation sites (tertiary alicyclic amines) is 1. The Morgan fingerprint density at radius 2 is 1.77 bits per heavy atom. The van der Waals surface area contributed by atoms with E-state index in [1.54, 1.807) is 35.2 Å². The topological polar surface area (TPSA) is 78.5 Å². The number of rotatable bonds is 5. The molecule has 6 nitrogen and oxygen atoms in total. The molecule has 0 atom stereocenters. The van der Waals surface area contributed by atoms with Crippen molar-refractivity contribution < 1.29 is 14.4 Å². The molecule has 3 amide bonds. The molecule has 0 radical (unpaired) electrons. The van der Waals surface area contributed by atoms with Crippen molar-refractivity contribution in [3.05, 3.63) is 59.7 Å². The summed E-state index contributed by atoms with van der Waals surface area (Å²) in [7, 11) is 0. The lowest BCUT2D eigenvalue weighted by molar-refractivity contribution is -0.131. The van der Waals surface area contributed by atoms with E-state index in [2.05, 4.69) is 10.6 Å². The van der Waals surface area contributed by atoms with Gasteiger partial charge in [0.15, 0.2) is 0 Å². The monoisotopic (exact) mass is 351 g/mol. The zero-order chi connectivity index (χ0) is 18.5. The highest BCUT2D eigenvalue weighted by molar-refractivity contribution is 6.05. The number of aryl methyl sites for hydroxylation is 1. The minimum Gasteiger partial charge on any atom is -0.333 e. The number of nitrogens with one attached hydrogen (secondary N) is 2. The molecular weight excluding hydrogens is 330 g/mol. The van der Waals surface area contributed by atoms with E-state index >= 15 is 0 Å². The van der Waals surface area contributed by atoms with Crippen LogP contribution in [0.1, 0.15) is 28.8 Å². The maximum Gasteiger partial charge on any atom is 0.255 e. The van der Waals surface area contributed by atoms with Crippen LogP contribution in [0, 0.1) is 6.92 Å². The molecule has 26 heavy (non-hydrogen) atoms. The standard InChI is InChI=1S/C20H21N3O3/c1-14-5-2-6-15(11-14)20(26)22-17-8-3-7-16(12-17)21-18(24)13-23-10-4-9-19(23)25/h2-3,5-8,11-12H,4,9-10,13H2,1H3,(H,21,24)(H,22,26). The van der Waals surface area contributed by atoms with Gasteiger partial charge in [-0.05, 0) is 43.7 Å². The largest absolute Gasteiger partial charge is 0.333 e. The summed E-state index contributed by atoms with van der Waals surface area (Å²) in [6.07, 6.45) is 1.31. The number of carbonyl (C=O) groups is 3. The molecule has 0 bridgehead atoms. The Balaban J connectivity index is 1.61. The molecule has 1 aliphatic heterocycles. The quantitative estimate of drug-likeness (QED) is 0.869. The zero-order valence-electron chi connectivity index (χ0n) is 14.6. The van der Waals surface area contributed by atoms with Crippen molar-refractivity contribution >= 4 is 29.1 Å². The third kappa shape index (κ3) is 4.47. The normalized spacial score (nSPS) is 13.6. The Labute approximate surface area is 152 Å². The number of nitrogens with zero attached hydrogens (tertiary/aromatic N) is 1. The van der Waals surface area contributed by atoms with Crippen LogP contribution in [0.3, 0.4) is 0 Å². The van der Waals surface area contributed by atoms with E-state index < -0.39 is 0 Å². The van der Waals surface area contributed by atoms with Crippen LogP contribution in [0.4, 0.5) is 11.4 Å². The minimum atomic E-state index is -0.248. The summed E-state index contributed by atoms with van der Waals surface area (Å²) in [4.78, 5) is 37.6. The highest BCUT2D eigenvalue weighted by atomic mass is 16.2. The highest BCUT2D eigenvalue weighted by Crippen LogP contribution is 2.17. The molecule has 1 saturated heterocycles. The number of amides is 3. The lowest BCUT2D eigenvalue weighted by atomic mass is 10.1. The van der Waals surface area contributed by atoms with Crippen molar-refractivity contribution in [1.29, 1.82) is 0 Å². The van der Waals surface area contributed by atoms with E-state index in [-0.39, 0.29) is 24.3 Å². The molecule has 0 unspecified atom stereocenters. The van der Waals surface area contributed by atoms with Crippen LogP contribution in [-0.4, -0.2) is 35.7 Å². The molecule has 2 aromatic carbocycles. The van der Waals surface area contributed by atoms with Crippen LogP contribution in [-0.2, 0) is 9.59 Å².